The van der Waals surface area contributed by atoms with Crippen molar-refractivity contribution in [2.75, 3.05) is 13.7 Å². The Morgan fingerprint density at radius 2 is 2.00 bits per heavy atom. The minimum Gasteiger partial charge on any atom is -0.468 e. The SMILES string of the molecule is CCOC(=O)C(N)Cc1c(C)n(CC(=O)OC)c2ccccc12. The summed E-state index contributed by atoms with van der Waals surface area (Å²) in [6.07, 6.45) is 0.360. The third kappa shape index (κ3) is 3.53. The minimum atomic E-state index is -0.731. The normalized spacial score (nSPS) is 12.2. The largest absolute Gasteiger partial charge is 0.468 e. The Morgan fingerprint density at radius 1 is 1.30 bits per heavy atom. The van der Waals surface area contributed by atoms with Crippen molar-refractivity contribution in [3.05, 3.63) is 35.5 Å². The van der Waals surface area contributed by atoms with Crippen LogP contribution in [0.5, 0.6) is 0 Å². The molecule has 0 aliphatic heterocycles. The van der Waals surface area contributed by atoms with Crippen molar-refractivity contribution >= 4 is 22.8 Å². The zero-order valence-corrected chi connectivity index (χ0v) is 13.7. The molecule has 0 aliphatic carbocycles. The highest BCUT2D eigenvalue weighted by atomic mass is 16.5. The second-order valence-electron chi connectivity index (χ2n) is 5.31. The number of nitrogens with two attached hydrogens (primary N) is 1. The number of aromatic nitrogens is 1. The molecule has 0 bridgehead atoms. The molecular weight excluding hydrogens is 296 g/mol. The first kappa shape index (κ1) is 17.0. The predicted molar refractivity (Wildman–Crippen MR) is 87.0 cm³/mol. The van der Waals surface area contributed by atoms with Crippen LogP contribution in [0.1, 0.15) is 18.2 Å². The molecule has 2 aromatic rings. The quantitative estimate of drug-likeness (QED) is 0.817. The highest BCUT2D eigenvalue weighted by Crippen LogP contribution is 2.27. The van der Waals surface area contributed by atoms with Crippen LogP contribution >= 0.6 is 0 Å². The molecular formula is C17H22N2O4. The smallest absolute Gasteiger partial charge is 0.325 e. The van der Waals surface area contributed by atoms with Gasteiger partial charge in [0.15, 0.2) is 0 Å². The van der Waals surface area contributed by atoms with E-state index < -0.39 is 12.0 Å². The monoisotopic (exact) mass is 318 g/mol. The van der Waals surface area contributed by atoms with Crippen LogP contribution < -0.4 is 5.73 Å². The first-order chi connectivity index (χ1) is 11.0. The number of rotatable bonds is 6. The van der Waals surface area contributed by atoms with Crippen molar-refractivity contribution in [2.45, 2.75) is 32.9 Å². The predicted octanol–water partition coefficient (Wildman–Crippen LogP) is 1.56. The van der Waals surface area contributed by atoms with E-state index in [0.29, 0.717) is 13.0 Å². The summed E-state index contributed by atoms with van der Waals surface area (Å²) in [6, 6.07) is 6.99. The van der Waals surface area contributed by atoms with Crippen LogP contribution in [0.4, 0.5) is 0 Å². The van der Waals surface area contributed by atoms with Gasteiger partial charge in [-0.25, -0.2) is 0 Å². The number of nitrogens with zero attached hydrogens (tertiary/aromatic N) is 1. The molecule has 0 aliphatic rings. The van der Waals surface area contributed by atoms with Gasteiger partial charge in [0.2, 0.25) is 0 Å². The van der Waals surface area contributed by atoms with Crippen molar-refractivity contribution in [1.82, 2.24) is 4.57 Å². The lowest BCUT2D eigenvalue weighted by atomic mass is 10.0. The van der Waals surface area contributed by atoms with E-state index >= 15 is 0 Å². The number of benzene rings is 1. The molecule has 23 heavy (non-hydrogen) atoms. The van der Waals surface area contributed by atoms with Crippen LogP contribution in [0, 0.1) is 6.92 Å². The number of methoxy groups -OCH3 is 1. The Labute approximate surface area is 135 Å². The minimum absolute atomic E-state index is 0.123. The average Bonchev–Trinajstić information content (AvgIpc) is 2.80. The Bertz CT molecular complexity index is 721. The van der Waals surface area contributed by atoms with Crippen molar-refractivity contribution in [1.29, 1.82) is 0 Å². The molecule has 1 atom stereocenters. The van der Waals surface area contributed by atoms with E-state index in [4.69, 9.17) is 15.2 Å². The van der Waals surface area contributed by atoms with E-state index in [1.165, 1.54) is 7.11 Å². The standard InChI is InChI=1S/C17H22N2O4/c1-4-23-17(21)14(18)9-13-11(2)19(10-16(20)22-3)15-8-6-5-7-12(13)15/h5-8,14H,4,9-10,18H2,1-3H3. The summed E-state index contributed by atoms with van der Waals surface area (Å²) in [5, 5.41) is 0.980. The average molecular weight is 318 g/mol. The van der Waals surface area contributed by atoms with Crippen molar-refractivity contribution in [3.8, 4) is 0 Å². The van der Waals surface area contributed by atoms with Gasteiger partial charge in [0.05, 0.1) is 13.7 Å². The third-order valence-corrected chi connectivity index (χ3v) is 3.89. The molecule has 0 saturated carbocycles. The number of fused-ring (bicyclic) bond motifs is 1. The van der Waals surface area contributed by atoms with Crippen LogP contribution in [0.15, 0.2) is 24.3 Å². The Morgan fingerprint density at radius 3 is 2.65 bits per heavy atom. The van der Waals surface area contributed by atoms with Gasteiger partial charge in [0, 0.05) is 23.0 Å². The molecule has 0 fully saturated rings. The van der Waals surface area contributed by atoms with Gasteiger partial charge in [0.1, 0.15) is 12.6 Å². The van der Waals surface area contributed by atoms with Crippen molar-refractivity contribution < 1.29 is 19.1 Å². The molecule has 6 heteroatoms. The number of hydrogen-bond donors (Lipinski definition) is 1. The number of para-hydroxylation sites is 1. The maximum atomic E-state index is 11.8. The summed E-state index contributed by atoms with van der Waals surface area (Å²) in [5.41, 5.74) is 8.72. The molecule has 0 spiro atoms. The van der Waals surface area contributed by atoms with Crippen LogP contribution in [-0.2, 0) is 32.0 Å². The Hall–Kier alpha value is -2.34. The fraction of sp³-hybridized carbons (Fsp3) is 0.412. The number of ether oxygens (including phenoxy) is 2. The number of carbonyl (C=O) groups is 2. The molecule has 6 nitrogen and oxygen atoms in total. The van der Waals surface area contributed by atoms with Gasteiger partial charge in [-0.3, -0.25) is 9.59 Å². The van der Waals surface area contributed by atoms with Gasteiger partial charge in [-0.05, 0) is 25.5 Å². The lowest BCUT2D eigenvalue weighted by Gasteiger charge is -2.11. The van der Waals surface area contributed by atoms with Gasteiger partial charge >= 0.3 is 11.9 Å². The molecule has 2 rings (SSSR count). The van der Waals surface area contributed by atoms with E-state index in [-0.39, 0.29) is 12.5 Å². The third-order valence-electron chi connectivity index (χ3n) is 3.89. The lowest BCUT2D eigenvalue weighted by molar-refractivity contribution is -0.144. The molecule has 0 saturated heterocycles. The maximum absolute atomic E-state index is 11.8. The molecule has 0 amide bonds. The van der Waals surface area contributed by atoms with E-state index in [1.807, 2.05) is 35.8 Å². The molecule has 1 unspecified atom stereocenters. The zero-order valence-electron chi connectivity index (χ0n) is 13.7. The molecule has 1 aromatic heterocycles. The second kappa shape index (κ2) is 7.28. The molecule has 124 valence electrons. The summed E-state index contributed by atoms with van der Waals surface area (Å²) in [4.78, 5) is 23.5. The summed E-state index contributed by atoms with van der Waals surface area (Å²) in [5.74, 6) is -0.744. The lowest BCUT2D eigenvalue weighted by Crippen LogP contribution is -2.34. The van der Waals surface area contributed by atoms with Crippen LogP contribution in [-0.4, -0.2) is 36.3 Å². The Balaban J connectivity index is 2.41. The van der Waals surface area contributed by atoms with E-state index in [1.54, 1.807) is 6.92 Å². The summed E-state index contributed by atoms with van der Waals surface area (Å²) in [7, 11) is 1.36. The van der Waals surface area contributed by atoms with Crippen LogP contribution in [0.3, 0.4) is 0 Å². The molecule has 1 heterocycles. The maximum Gasteiger partial charge on any atom is 0.325 e. The van der Waals surface area contributed by atoms with Crippen molar-refractivity contribution in [2.24, 2.45) is 5.73 Å². The summed E-state index contributed by atoms with van der Waals surface area (Å²) < 4.78 is 11.6. The number of esters is 2. The number of hydrogen-bond acceptors (Lipinski definition) is 5. The first-order valence-corrected chi connectivity index (χ1v) is 7.55. The topological polar surface area (TPSA) is 83.5 Å². The molecule has 0 radical (unpaired) electrons. The fourth-order valence-electron chi connectivity index (χ4n) is 2.71. The van der Waals surface area contributed by atoms with Gasteiger partial charge in [-0.2, -0.15) is 0 Å². The zero-order chi connectivity index (χ0) is 17.0. The van der Waals surface area contributed by atoms with E-state index in [0.717, 1.165) is 22.2 Å². The second-order valence-corrected chi connectivity index (χ2v) is 5.31. The van der Waals surface area contributed by atoms with E-state index in [9.17, 15) is 9.59 Å². The van der Waals surface area contributed by atoms with Gasteiger partial charge in [0.25, 0.3) is 0 Å². The van der Waals surface area contributed by atoms with Crippen LogP contribution in [0.25, 0.3) is 10.9 Å². The fourth-order valence-corrected chi connectivity index (χ4v) is 2.71. The highest BCUT2D eigenvalue weighted by Gasteiger charge is 2.21. The van der Waals surface area contributed by atoms with Gasteiger partial charge in [-0.1, -0.05) is 18.2 Å². The van der Waals surface area contributed by atoms with Gasteiger partial charge in [-0.15, -0.1) is 0 Å². The first-order valence-electron chi connectivity index (χ1n) is 7.55. The van der Waals surface area contributed by atoms with Crippen molar-refractivity contribution in [3.63, 3.8) is 0 Å². The molecule has 2 N–H and O–H groups in total. The van der Waals surface area contributed by atoms with Gasteiger partial charge < -0.3 is 19.8 Å². The Kier molecular flexibility index (Phi) is 5.39. The summed E-state index contributed by atoms with van der Waals surface area (Å²) in [6.45, 7) is 4.08. The molecule has 1 aromatic carbocycles. The highest BCUT2D eigenvalue weighted by molar-refractivity contribution is 5.88. The van der Waals surface area contributed by atoms with Crippen LogP contribution in [0.2, 0.25) is 0 Å². The summed E-state index contributed by atoms with van der Waals surface area (Å²) >= 11 is 0. The van der Waals surface area contributed by atoms with E-state index in [2.05, 4.69) is 0 Å². The number of carbonyl (C=O) groups excluding carboxylic acids is 2.